The number of aryl methyl sites for hydroxylation is 1. The van der Waals surface area contributed by atoms with E-state index in [1.54, 1.807) is 19.3 Å². The summed E-state index contributed by atoms with van der Waals surface area (Å²) in [6.45, 7) is 9.48. The van der Waals surface area contributed by atoms with E-state index in [0.29, 0.717) is 29.2 Å². The quantitative estimate of drug-likeness (QED) is 0.851. The number of carbonyl (C=O) groups excluding carboxylic acids is 1. The van der Waals surface area contributed by atoms with E-state index >= 15 is 0 Å². The number of fused-ring (bicyclic) bond motifs is 1. The fourth-order valence-corrected chi connectivity index (χ4v) is 3.83. The maximum absolute atomic E-state index is 12.5. The normalized spacial score (nSPS) is 22.7. The van der Waals surface area contributed by atoms with Crippen molar-refractivity contribution >= 4 is 11.7 Å². The predicted molar refractivity (Wildman–Crippen MR) is 92.5 cm³/mol. The average Bonchev–Trinajstić information content (AvgIpc) is 3.28. The third-order valence-corrected chi connectivity index (χ3v) is 5.21. The molecule has 2 atom stereocenters. The molecule has 2 aliphatic rings. The van der Waals surface area contributed by atoms with Crippen LogP contribution in [0.1, 0.15) is 41.7 Å². The number of likely N-dealkylation sites (tertiary alicyclic amines) is 1. The van der Waals surface area contributed by atoms with Gasteiger partial charge in [-0.3, -0.25) is 4.79 Å². The Kier molecular flexibility index (Phi) is 3.94. The van der Waals surface area contributed by atoms with Gasteiger partial charge in [0.1, 0.15) is 17.9 Å². The van der Waals surface area contributed by atoms with Crippen LogP contribution in [-0.2, 0) is 0 Å². The summed E-state index contributed by atoms with van der Waals surface area (Å²) in [7, 11) is 0. The Morgan fingerprint density at radius 1 is 1.16 bits per heavy atom. The molecule has 2 aromatic rings. The molecule has 7 heteroatoms. The van der Waals surface area contributed by atoms with Gasteiger partial charge in [-0.15, -0.1) is 0 Å². The number of amides is 1. The van der Waals surface area contributed by atoms with E-state index < -0.39 is 0 Å². The molecule has 7 nitrogen and oxygen atoms in total. The Hall–Kier alpha value is -2.44. The number of hydrogen-bond acceptors (Lipinski definition) is 6. The van der Waals surface area contributed by atoms with Gasteiger partial charge in [-0.25, -0.2) is 9.97 Å². The van der Waals surface area contributed by atoms with Gasteiger partial charge in [-0.2, -0.15) is 0 Å². The van der Waals surface area contributed by atoms with Crippen molar-refractivity contribution < 1.29 is 9.32 Å². The fraction of sp³-hybridized carbons (Fsp3) is 0.556. The van der Waals surface area contributed by atoms with E-state index in [9.17, 15) is 4.79 Å². The van der Waals surface area contributed by atoms with E-state index in [1.807, 2.05) is 4.90 Å². The van der Waals surface area contributed by atoms with Crippen molar-refractivity contribution in [3.8, 4) is 0 Å². The number of nitrogens with zero attached hydrogens (tertiary/aromatic N) is 5. The van der Waals surface area contributed by atoms with Gasteiger partial charge in [0, 0.05) is 55.8 Å². The summed E-state index contributed by atoms with van der Waals surface area (Å²) in [6, 6.07) is 3.80. The van der Waals surface area contributed by atoms with Crippen molar-refractivity contribution in [3.63, 3.8) is 0 Å². The average molecular weight is 341 g/mol. The predicted octanol–water partition coefficient (Wildman–Crippen LogP) is 2.10. The van der Waals surface area contributed by atoms with Gasteiger partial charge in [-0.1, -0.05) is 19.0 Å². The fourth-order valence-electron chi connectivity index (χ4n) is 3.83. The van der Waals surface area contributed by atoms with Crippen molar-refractivity contribution in [2.45, 2.75) is 26.7 Å². The molecule has 2 aliphatic heterocycles. The van der Waals surface area contributed by atoms with Crippen molar-refractivity contribution in [2.75, 3.05) is 31.1 Å². The highest BCUT2D eigenvalue weighted by Crippen LogP contribution is 2.34. The molecule has 0 radical (unpaired) electrons. The van der Waals surface area contributed by atoms with Crippen LogP contribution in [0.5, 0.6) is 0 Å². The van der Waals surface area contributed by atoms with Gasteiger partial charge in [-0.05, 0) is 12.8 Å². The highest BCUT2D eigenvalue weighted by atomic mass is 16.5. The largest absolute Gasteiger partial charge is 0.361 e. The smallest absolute Gasteiger partial charge is 0.276 e. The first-order valence-corrected chi connectivity index (χ1v) is 8.80. The third kappa shape index (κ3) is 2.99. The van der Waals surface area contributed by atoms with Crippen LogP contribution >= 0.6 is 0 Å². The van der Waals surface area contributed by atoms with E-state index in [0.717, 1.165) is 37.7 Å². The monoisotopic (exact) mass is 341 g/mol. The van der Waals surface area contributed by atoms with Gasteiger partial charge in [0.05, 0.1) is 0 Å². The maximum atomic E-state index is 12.5. The van der Waals surface area contributed by atoms with Crippen LogP contribution in [0.15, 0.2) is 23.0 Å². The summed E-state index contributed by atoms with van der Waals surface area (Å²) < 4.78 is 5.02. The lowest BCUT2D eigenvalue weighted by molar-refractivity contribution is 0.0772. The van der Waals surface area contributed by atoms with E-state index in [1.165, 1.54) is 0 Å². The standard InChI is InChI=1S/C18H23N5O2/c1-11(2)15-5-17(20-10-19-15)22-6-13-8-23(9-14(13)7-22)18(24)16-4-12(3)25-21-16/h4-5,10-11,13-14H,6-9H2,1-3H3. The van der Waals surface area contributed by atoms with Crippen LogP contribution in [0, 0.1) is 18.8 Å². The minimum absolute atomic E-state index is 0.0260. The topological polar surface area (TPSA) is 75.4 Å². The first-order valence-electron chi connectivity index (χ1n) is 8.80. The lowest BCUT2D eigenvalue weighted by Gasteiger charge is -2.22. The molecule has 2 saturated heterocycles. The van der Waals surface area contributed by atoms with Crippen LogP contribution in [0.3, 0.4) is 0 Å². The Balaban J connectivity index is 1.42. The number of anilines is 1. The molecule has 0 N–H and O–H groups in total. The summed E-state index contributed by atoms with van der Waals surface area (Å²) >= 11 is 0. The Bertz CT molecular complexity index is 773. The second kappa shape index (κ2) is 6.13. The minimum Gasteiger partial charge on any atom is -0.361 e. The first kappa shape index (κ1) is 16.1. The molecular formula is C18H23N5O2. The molecule has 2 unspecified atom stereocenters. The summed E-state index contributed by atoms with van der Waals surface area (Å²) in [5, 5.41) is 3.85. The molecule has 4 rings (SSSR count). The molecule has 0 saturated carbocycles. The molecule has 4 heterocycles. The van der Waals surface area contributed by atoms with Gasteiger partial charge >= 0.3 is 0 Å². The summed E-state index contributed by atoms with van der Waals surface area (Å²) in [5.74, 6) is 2.99. The van der Waals surface area contributed by atoms with Gasteiger partial charge in [0.2, 0.25) is 0 Å². The van der Waals surface area contributed by atoms with Crippen LogP contribution in [0.2, 0.25) is 0 Å². The van der Waals surface area contributed by atoms with Gasteiger partial charge in [0.25, 0.3) is 5.91 Å². The summed E-state index contributed by atoms with van der Waals surface area (Å²) in [4.78, 5) is 25.6. The van der Waals surface area contributed by atoms with E-state index in [-0.39, 0.29) is 5.91 Å². The molecule has 0 aliphatic carbocycles. The molecule has 25 heavy (non-hydrogen) atoms. The van der Waals surface area contributed by atoms with Gasteiger partial charge in [0.15, 0.2) is 5.69 Å². The number of aromatic nitrogens is 3. The van der Waals surface area contributed by atoms with Crippen LogP contribution in [-0.4, -0.2) is 52.1 Å². The zero-order chi connectivity index (χ0) is 17.6. The zero-order valence-electron chi connectivity index (χ0n) is 14.8. The Morgan fingerprint density at radius 3 is 2.48 bits per heavy atom. The maximum Gasteiger partial charge on any atom is 0.276 e. The number of carbonyl (C=O) groups is 1. The van der Waals surface area contributed by atoms with Crippen LogP contribution in [0.4, 0.5) is 5.82 Å². The van der Waals surface area contributed by atoms with Crippen molar-refractivity contribution in [2.24, 2.45) is 11.8 Å². The molecule has 1 amide bonds. The lowest BCUT2D eigenvalue weighted by Crippen LogP contribution is -2.33. The first-order chi connectivity index (χ1) is 12.0. The summed E-state index contributed by atoms with van der Waals surface area (Å²) in [5.41, 5.74) is 1.48. The Labute approximate surface area is 147 Å². The number of rotatable bonds is 3. The molecular weight excluding hydrogens is 318 g/mol. The van der Waals surface area contributed by atoms with Crippen LogP contribution in [0.25, 0.3) is 0 Å². The van der Waals surface area contributed by atoms with Crippen LogP contribution < -0.4 is 4.90 Å². The van der Waals surface area contributed by atoms with E-state index in [2.05, 4.69) is 39.9 Å². The van der Waals surface area contributed by atoms with Crippen molar-refractivity contribution in [1.82, 2.24) is 20.0 Å². The SMILES string of the molecule is Cc1cc(C(=O)N2CC3CN(c4cc(C(C)C)ncn4)CC3C2)no1. The molecule has 2 aromatic heterocycles. The second-order valence-electron chi connectivity index (χ2n) is 7.41. The minimum atomic E-state index is -0.0260. The van der Waals surface area contributed by atoms with E-state index in [4.69, 9.17) is 4.52 Å². The number of hydrogen-bond donors (Lipinski definition) is 0. The molecule has 0 spiro atoms. The van der Waals surface area contributed by atoms with Crippen molar-refractivity contribution in [1.29, 1.82) is 0 Å². The molecule has 2 fully saturated rings. The highest BCUT2D eigenvalue weighted by molar-refractivity contribution is 5.92. The third-order valence-electron chi connectivity index (χ3n) is 5.21. The molecule has 0 bridgehead atoms. The second-order valence-corrected chi connectivity index (χ2v) is 7.41. The highest BCUT2D eigenvalue weighted by Gasteiger charge is 2.42. The zero-order valence-corrected chi connectivity index (χ0v) is 14.8. The lowest BCUT2D eigenvalue weighted by atomic mass is 10.0. The Morgan fingerprint density at radius 2 is 1.88 bits per heavy atom. The summed E-state index contributed by atoms with van der Waals surface area (Å²) in [6.07, 6.45) is 1.65. The van der Waals surface area contributed by atoms with Crippen molar-refractivity contribution in [3.05, 3.63) is 35.6 Å². The molecule has 0 aromatic carbocycles. The van der Waals surface area contributed by atoms with Gasteiger partial charge < -0.3 is 14.3 Å². The molecule has 132 valence electrons.